The molecule has 11 heteroatoms. The average molecular weight is 482 g/mol. The number of likely N-dealkylation sites (tertiary alicyclic amines) is 1. The van der Waals surface area contributed by atoms with Gasteiger partial charge in [-0.3, -0.25) is 15.0 Å². The van der Waals surface area contributed by atoms with E-state index in [-0.39, 0.29) is 16.0 Å². The van der Waals surface area contributed by atoms with Crippen molar-refractivity contribution in [1.29, 1.82) is 0 Å². The van der Waals surface area contributed by atoms with Gasteiger partial charge in [-0.15, -0.1) is 0 Å². The number of anilines is 1. The van der Waals surface area contributed by atoms with Crippen LogP contribution in [0.4, 0.5) is 18.3 Å². The largest absolute Gasteiger partial charge is 0.416 e. The zero-order valence-corrected chi connectivity index (χ0v) is 18.6. The highest BCUT2D eigenvalue weighted by atomic mass is 35.5. The Hall–Kier alpha value is -2.56. The highest BCUT2D eigenvalue weighted by Gasteiger charge is 2.31. The molecule has 32 heavy (non-hydrogen) atoms. The van der Waals surface area contributed by atoms with Gasteiger partial charge in [0, 0.05) is 23.0 Å². The second-order valence-electron chi connectivity index (χ2n) is 7.51. The quantitative estimate of drug-likeness (QED) is 0.520. The van der Waals surface area contributed by atoms with E-state index in [1.54, 1.807) is 6.07 Å². The lowest BCUT2D eigenvalue weighted by molar-refractivity contribution is -0.137. The number of thiazole rings is 1. The summed E-state index contributed by atoms with van der Waals surface area (Å²) in [5.74, 6) is -0.528. The molecule has 1 N–H and O–H groups in total. The van der Waals surface area contributed by atoms with Crippen LogP contribution < -0.4 is 5.32 Å². The molecule has 1 aliphatic heterocycles. The van der Waals surface area contributed by atoms with Gasteiger partial charge < -0.3 is 0 Å². The zero-order valence-electron chi connectivity index (χ0n) is 17.0. The fourth-order valence-corrected chi connectivity index (χ4v) is 4.69. The van der Waals surface area contributed by atoms with Gasteiger partial charge in [0.05, 0.1) is 23.7 Å². The maximum Gasteiger partial charge on any atom is 0.416 e. The smallest absolute Gasteiger partial charge is 0.296 e. The van der Waals surface area contributed by atoms with Gasteiger partial charge in [-0.1, -0.05) is 35.1 Å². The number of aromatic nitrogens is 3. The van der Waals surface area contributed by atoms with Crippen LogP contribution in [-0.4, -0.2) is 38.3 Å². The summed E-state index contributed by atoms with van der Waals surface area (Å²) in [6.07, 6.45) is 0.173. The number of carbonyl (C=O) groups is 1. The van der Waals surface area contributed by atoms with Crippen LogP contribution >= 0.6 is 22.9 Å². The molecular weight excluding hydrogens is 463 g/mol. The molecule has 3 heterocycles. The minimum absolute atomic E-state index is 0.0555. The third-order valence-electron chi connectivity index (χ3n) is 5.27. The van der Waals surface area contributed by atoms with Crippen LogP contribution in [0.3, 0.4) is 0 Å². The Morgan fingerprint density at radius 2 is 2.12 bits per heavy atom. The van der Waals surface area contributed by atoms with Crippen molar-refractivity contribution >= 4 is 34.0 Å². The summed E-state index contributed by atoms with van der Waals surface area (Å²) in [4.78, 5) is 27.8. The highest BCUT2D eigenvalue weighted by Crippen LogP contribution is 2.37. The molecule has 3 aromatic rings. The lowest BCUT2D eigenvalue weighted by Gasteiger charge is -2.20. The Balaban J connectivity index is 1.67. The van der Waals surface area contributed by atoms with Gasteiger partial charge in [0.1, 0.15) is 10.8 Å². The lowest BCUT2D eigenvalue weighted by atomic mass is 10.1. The third-order valence-corrected chi connectivity index (χ3v) is 6.42. The molecule has 1 aromatic carbocycles. The molecule has 168 valence electrons. The number of benzene rings is 1. The Bertz CT molecular complexity index is 1120. The van der Waals surface area contributed by atoms with Gasteiger partial charge in [0.15, 0.2) is 5.13 Å². The van der Waals surface area contributed by atoms with E-state index in [2.05, 4.69) is 32.1 Å². The van der Waals surface area contributed by atoms with E-state index >= 15 is 0 Å². The summed E-state index contributed by atoms with van der Waals surface area (Å²) >= 11 is 6.95. The summed E-state index contributed by atoms with van der Waals surface area (Å²) in [5, 5.41) is 3.11. The van der Waals surface area contributed by atoms with E-state index in [0.717, 1.165) is 36.4 Å². The maximum absolute atomic E-state index is 13.3. The van der Waals surface area contributed by atoms with Gasteiger partial charge in [0.25, 0.3) is 5.91 Å². The van der Waals surface area contributed by atoms with Gasteiger partial charge in [0.2, 0.25) is 0 Å². The van der Waals surface area contributed by atoms with Crippen LogP contribution in [0.1, 0.15) is 40.7 Å². The Labute approximate surface area is 191 Å². The molecule has 6 nitrogen and oxygen atoms in total. The number of alkyl halides is 3. The first kappa shape index (κ1) is 22.6. The van der Waals surface area contributed by atoms with Gasteiger partial charge in [-0.25, -0.2) is 15.0 Å². The number of nitrogens with zero attached hydrogens (tertiary/aromatic N) is 4. The summed E-state index contributed by atoms with van der Waals surface area (Å²) in [5.41, 5.74) is 0.0906. The summed E-state index contributed by atoms with van der Waals surface area (Å²) in [6, 6.07) is 5.44. The van der Waals surface area contributed by atoms with E-state index in [4.69, 9.17) is 11.6 Å². The first-order valence-corrected chi connectivity index (χ1v) is 11.1. The van der Waals surface area contributed by atoms with Crippen molar-refractivity contribution in [2.24, 2.45) is 0 Å². The topological polar surface area (TPSA) is 71.0 Å². The molecule has 2 aromatic heterocycles. The van der Waals surface area contributed by atoms with E-state index < -0.39 is 17.6 Å². The van der Waals surface area contributed by atoms with Gasteiger partial charge in [-0.05, 0) is 38.4 Å². The highest BCUT2D eigenvalue weighted by molar-refractivity contribution is 7.16. The molecule has 4 rings (SSSR count). The molecule has 0 saturated carbocycles. The van der Waals surface area contributed by atoms with E-state index in [1.165, 1.54) is 29.8 Å². The molecule has 1 aliphatic rings. The van der Waals surface area contributed by atoms with Gasteiger partial charge in [-0.2, -0.15) is 13.2 Å². The molecule has 0 unspecified atom stereocenters. The molecule has 0 aliphatic carbocycles. The van der Waals surface area contributed by atoms with Crippen LogP contribution in [0.5, 0.6) is 0 Å². The number of halogens is 4. The van der Waals surface area contributed by atoms with Crippen LogP contribution in [-0.2, 0) is 12.7 Å². The normalized spacial score (nSPS) is 17.0. The molecular formula is C21H19ClF3N5OS. The standard InChI is InChI=1S/C21H19ClF3N5OS/c1-12-4-3-7-30(12)11-16-18(13-5-2-6-14(8-13)21(23,24)25)28-20(32-16)29-19(31)15-9-27-17(22)10-26-15/h2,5-6,8-10,12H,3-4,7,11H2,1H3,(H,28,29,31)/t12-/m1/s1. The summed E-state index contributed by atoms with van der Waals surface area (Å²) in [7, 11) is 0. The Kier molecular flexibility index (Phi) is 6.45. The van der Waals surface area contributed by atoms with Crippen molar-refractivity contribution in [1.82, 2.24) is 19.9 Å². The number of rotatable bonds is 5. The van der Waals surface area contributed by atoms with Crippen LogP contribution in [0.25, 0.3) is 11.3 Å². The van der Waals surface area contributed by atoms with E-state index in [0.29, 0.717) is 23.8 Å². The zero-order chi connectivity index (χ0) is 22.9. The van der Waals surface area contributed by atoms with Crippen molar-refractivity contribution in [2.75, 3.05) is 11.9 Å². The first-order valence-electron chi connectivity index (χ1n) is 9.91. The summed E-state index contributed by atoms with van der Waals surface area (Å²) < 4.78 is 39.8. The maximum atomic E-state index is 13.3. The fourth-order valence-electron chi connectivity index (χ4n) is 3.58. The molecule has 1 amide bonds. The fraction of sp³-hybridized carbons (Fsp3) is 0.333. The number of amides is 1. The van der Waals surface area contributed by atoms with Crippen LogP contribution in [0, 0.1) is 0 Å². The molecule has 1 atom stereocenters. The van der Waals surface area contributed by atoms with Crippen molar-refractivity contribution in [2.45, 2.75) is 38.5 Å². The van der Waals surface area contributed by atoms with Gasteiger partial charge >= 0.3 is 6.18 Å². The third kappa shape index (κ3) is 5.08. The van der Waals surface area contributed by atoms with Crippen molar-refractivity contribution in [3.63, 3.8) is 0 Å². The Morgan fingerprint density at radius 3 is 2.78 bits per heavy atom. The Morgan fingerprint density at radius 1 is 1.31 bits per heavy atom. The second-order valence-corrected chi connectivity index (χ2v) is 8.98. The minimum atomic E-state index is -4.46. The minimum Gasteiger partial charge on any atom is -0.296 e. The SMILES string of the molecule is C[C@@H]1CCCN1Cc1sc(NC(=O)c2cnc(Cl)cn2)nc1-c1cccc(C(F)(F)F)c1. The summed E-state index contributed by atoms with van der Waals surface area (Å²) in [6.45, 7) is 3.57. The molecule has 1 fully saturated rings. The van der Waals surface area contributed by atoms with Crippen molar-refractivity contribution in [3.05, 3.63) is 57.9 Å². The second kappa shape index (κ2) is 9.13. The number of carbonyl (C=O) groups excluding carboxylic acids is 1. The van der Waals surface area contributed by atoms with Crippen LogP contribution in [0.2, 0.25) is 5.15 Å². The van der Waals surface area contributed by atoms with E-state index in [9.17, 15) is 18.0 Å². The average Bonchev–Trinajstić information content (AvgIpc) is 3.34. The van der Waals surface area contributed by atoms with E-state index in [1.807, 2.05) is 0 Å². The molecule has 0 spiro atoms. The molecule has 0 bridgehead atoms. The lowest BCUT2D eigenvalue weighted by Crippen LogP contribution is -2.25. The van der Waals surface area contributed by atoms with Crippen LogP contribution in [0.15, 0.2) is 36.7 Å². The monoisotopic (exact) mass is 481 g/mol. The molecule has 1 saturated heterocycles. The number of hydrogen-bond donors (Lipinski definition) is 1. The first-order chi connectivity index (χ1) is 15.2. The molecule has 0 radical (unpaired) electrons. The van der Waals surface area contributed by atoms with Crippen molar-refractivity contribution < 1.29 is 18.0 Å². The predicted molar refractivity (Wildman–Crippen MR) is 117 cm³/mol. The number of hydrogen-bond acceptors (Lipinski definition) is 6. The number of nitrogens with one attached hydrogen (secondary N) is 1. The van der Waals surface area contributed by atoms with Crippen molar-refractivity contribution in [3.8, 4) is 11.3 Å². The predicted octanol–water partition coefficient (Wildman–Crippen LogP) is 5.51.